The van der Waals surface area contributed by atoms with Crippen molar-refractivity contribution >= 4 is 55.6 Å². The van der Waals surface area contributed by atoms with E-state index >= 15 is 0 Å². The first-order valence-electron chi connectivity index (χ1n) is 5.23. The van der Waals surface area contributed by atoms with Crippen LogP contribution in [0, 0.1) is 0 Å². The van der Waals surface area contributed by atoms with E-state index in [9.17, 15) is 15.0 Å². The van der Waals surface area contributed by atoms with Crippen molar-refractivity contribution in [3.05, 3.63) is 35.9 Å². The average Bonchev–Trinajstić information content (AvgIpc) is 2.30. The fraction of sp³-hybridized carbons (Fsp3) is 0.250. The predicted octanol–water partition coefficient (Wildman–Crippen LogP) is -1.03. The van der Waals surface area contributed by atoms with E-state index in [-0.39, 0.29) is 44.2 Å². The minimum Gasteiger partial charge on any atom is -0.861 e. The fourth-order valence-corrected chi connectivity index (χ4v) is 1.96. The van der Waals surface area contributed by atoms with Crippen LogP contribution in [0.15, 0.2) is 40.3 Å². The van der Waals surface area contributed by atoms with Crippen molar-refractivity contribution in [3.63, 3.8) is 0 Å². The maximum Gasteiger partial charge on any atom is 2.00 e. The van der Waals surface area contributed by atoms with Gasteiger partial charge in [0.1, 0.15) is 5.41 Å². The summed E-state index contributed by atoms with van der Waals surface area (Å²) in [4.78, 5) is 18.4. The minimum atomic E-state index is -1.42. The van der Waals surface area contributed by atoms with Gasteiger partial charge in [0, 0.05) is 0 Å². The normalized spacial score (nSPS) is 22.8. The van der Waals surface area contributed by atoms with Crippen LogP contribution in [0.5, 0.6) is 0 Å². The van der Waals surface area contributed by atoms with Crippen LogP contribution >= 0.6 is 0 Å². The molecule has 1 amide bonds. The molecule has 0 spiro atoms. The molecule has 0 N–H and O–H groups in total. The molecule has 2 rings (SSSR count). The SMILES string of the molecule is CCC1(c2ccccc2)C(=O)N=C([O-])N=C1[O-].[Ca+2]. The Hall–Kier alpha value is -0.910. The van der Waals surface area contributed by atoms with Gasteiger partial charge in [-0.05, 0) is 17.9 Å². The zero-order valence-corrected chi connectivity index (χ0v) is 12.1. The monoisotopic (exact) mass is 270 g/mol. The van der Waals surface area contributed by atoms with Crippen molar-refractivity contribution in [1.82, 2.24) is 0 Å². The van der Waals surface area contributed by atoms with Crippen molar-refractivity contribution in [1.29, 1.82) is 0 Å². The quantitative estimate of drug-likeness (QED) is 0.644. The number of carbonyl (C=O) groups excluding carboxylic acids is 1. The Bertz CT molecular complexity index is 513. The summed E-state index contributed by atoms with van der Waals surface area (Å²) in [7, 11) is 0. The maximum absolute atomic E-state index is 11.9. The minimum absolute atomic E-state index is 0. The molecule has 1 aromatic carbocycles. The third-order valence-electron chi connectivity index (χ3n) is 2.92. The van der Waals surface area contributed by atoms with Gasteiger partial charge in [0.2, 0.25) is 0 Å². The molecule has 0 radical (unpaired) electrons. The third kappa shape index (κ3) is 2.30. The van der Waals surface area contributed by atoms with Gasteiger partial charge in [0.15, 0.2) is 0 Å². The van der Waals surface area contributed by atoms with Crippen LogP contribution in [0.4, 0.5) is 0 Å². The molecule has 0 bridgehead atoms. The van der Waals surface area contributed by atoms with E-state index in [1.807, 2.05) is 0 Å². The number of amides is 1. The van der Waals surface area contributed by atoms with Gasteiger partial charge in [-0.15, -0.1) is 0 Å². The Morgan fingerprint density at radius 3 is 2.28 bits per heavy atom. The number of amidine groups is 1. The average molecular weight is 270 g/mol. The zero-order chi connectivity index (χ0) is 12.5. The van der Waals surface area contributed by atoms with Crippen LogP contribution in [-0.4, -0.2) is 55.6 Å². The van der Waals surface area contributed by atoms with E-state index in [0.29, 0.717) is 5.56 Å². The molecule has 1 aromatic rings. The first kappa shape index (κ1) is 15.1. The smallest absolute Gasteiger partial charge is 0.861 e. The van der Waals surface area contributed by atoms with Gasteiger partial charge in [-0.25, -0.2) is 4.99 Å². The molecular formula is C12H10CaN2O3. The molecule has 88 valence electrons. The summed E-state index contributed by atoms with van der Waals surface area (Å²) in [5, 5.41) is 22.8. The molecule has 0 saturated carbocycles. The molecule has 1 unspecified atom stereocenters. The summed E-state index contributed by atoms with van der Waals surface area (Å²) >= 11 is 0. The van der Waals surface area contributed by atoms with Crippen LogP contribution < -0.4 is 10.2 Å². The summed E-state index contributed by atoms with van der Waals surface area (Å²) in [5.74, 6) is -1.45. The molecule has 1 aliphatic rings. The predicted molar refractivity (Wildman–Crippen MR) is 64.0 cm³/mol. The van der Waals surface area contributed by atoms with Gasteiger partial charge in [0.05, 0.1) is 6.02 Å². The molecular weight excluding hydrogens is 260 g/mol. The van der Waals surface area contributed by atoms with Crippen molar-refractivity contribution in [2.45, 2.75) is 18.8 Å². The summed E-state index contributed by atoms with van der Waals surface area (Å²) in [6.45, 7) is 1.70. The van der Waals surface area contributed by atoms with Crippen LogP contribution in [0.1, 0.15) is 18.9 Å². The summed E-state index contributed by atoms with van der Waals surface area (Å²) in [6, 6.07) is 7.55. The van der Waals surface area contributed by atoms with Gasteiger partial charge in [-0.2, -0.15) is 0 Å². The fourth-order valence-electron chi connectivity index (χ4n) is 1.96. The molecule has 0 aromatic heterocycles. The first-order chi connectivity index (χ1) is 8.11. The summed E-state index contributed by atoms with van der Waals surface area (Å²) < 4.78 is 0. The van der Waals surface area contributed by atoms with Crippen molar-refractivity contribution in [2.24, 2.45) is 9.98 Å². The van der Waals surface area contributed by atoms with E-state index in [4.69, 9.17) is 0 Å². The molecule has 6 heteroatoms. The van der Waals surface area contributed by atoms with Crippen LogP contribution in [0.2, 0.25) is 0 Å². The number of carbonyl (C=O) groups is 1. The second-order valence-corrected chi connectivity index (χ2v) is 3.74. The molecule has 0 saturated heterocycles. The molecule has 1 heterocycles. The van der Waals surface area contributed by atoms with Crippen molar-refractivity contribution in [3.8, 4) is 0 Å². The number of hydrogen-bond acceptors (Lipinski definition) is 4. The molecule has 18 heavy (non-hydrogen) atoms. The second kappa shape index (κ2) is 5.82. The van der Waals surface area contributed by atoms with Crippen LogP contribution in [0.25, 0.3) is 0 Å². The van der Waals surface area contributed by atoms with E-state index in [1.54, 1.807) is 37.3 Å². The molecule has 1 atom stereocenters. The van der Waals surface area contributed by atoms with Crippen molar-refractivity contribution < 1.29 is 15.0 Å². The van der Waals surface area contributed by atoms with Crippen LogP contribution in [0.3, 0.4) is 0 Å². The van der Waals surface area contributed by atoms with Gasteiger partial charge in [-0.1, -0.05) is 37.3 Å². The molecule has 0 aliphatic carbocycles. The molecule has 0 fully saturated rings. The first-order valence-corrected chi connectivity index (χ1v) is 5.23. The summed E-state index contributed by atoms with van der Waals surface area (Å²) in [5.41, 5.74) is -0.896. The Labute approximate surface area is 134 Å². The molecule has 5 nitrogen and oxygen atoms in total. The van der Waals surface area contributed by atoms with E-state index < -0.39 is 23.2 Å². The number of hydrogen-bond donors (Lipinski definition) is 0. The number of aliphatic imine (C=N–C) groups is 2. The van der Waals surface area contributed by atoms with Gasteiger partial charge in [-0.3, -0.25) is 9.79 Å². The third-order valence-corrected chi connectivity index (χ3v) is 2.92. The number of benzene rings is 1. The second-order valence-electron chi connectivity index (χ2n) is 3.74. The summed E-state index contributed by atoms with van der Waals surface area (Å²) in [6.07, 6.45) is 0.231. The van der Waals surface area contributed by atoms with Crippen molar-refractivity contribution in [2.75, 3.05) is 0 Å². The Kier molecular flexibility index (Phi) is 4.90. The number of rotatable bonds is 2. The number of nitrogens with zero attached hydrogens (tertiary/aromatic N) is 2. The van der Waals surface area contributed by atoms with Gasteiger partial charge >= 0.3 is 37.7 Å². The van der Waals surface area contributed by atoms with Gasteiger partial charge < -0.3 is 10.2 Å². The van der Waals surface area contributed by atoms with Crippen LogP contribution in [-0.2, 0) is 10.2 Å². The Morgan fingerprint density at radius 2 is 1.78 bits per heavy atom. The van der Waals surface area contributed by atoms with Gasteiger partial charge in [0.25, 0.3) is 5.91 Å². The van der Waals surface area contributed by atoms with E-state index in [2.05, 4.69) is 9.98 Å². The Balaban J connectivity index is 0.00000162. The largest absolute Gasteiger partial charge is 2.00 e. The van der Waals surface area contributed by atoms with E-state index in [1.165, 1.54) is 0 Å². The maximum atomic E-state index is 11.9. The zero-order valence-electron chi connectivity index (χ0n) is 9.92. The standard InChI is InChI=1S/C12H12N2O3.Ca/c1-2-12(8-6-4-3-5-7-8)9(15)13-11(17)14-10(12)16;/h3-7H,2H2,1H3,(H2,13,14,15,16,17);/q;+2/p-2. The Morgan fingerprint density at radius 1 is 1.17 bits per heavy atom. The molecule has 1 aliphatic heterocycles. The van der Waals surface area contributed by atoms with E-state index in [0.717, 1.165) is 0 Å². The topological polar surface area (TPSA) is 87.9 Å².